The van der Waals surface area contributed by atoms with Crippen molar-refractivity contribution in [3.05, 3.63) is 53.9 Å². The fraction of sp³-hybridized carbons (Fsp3) is 0.375. The maximum absolute atomic E-state index is 12.4. The van der Waals surface area contributed by atoms with Gasteiger partial charge in [0.05, 0.1) is 13.2 Å². The third kappa shape index (κ3) is 6.57. The SMILES string of the molecule is CCCOc1ccc(NC(=O)CCc2nnc(-c3ccc(C)cc3)o2)cc1OCCC. The molecule has 0 unspecified atom stereocenters. The standard InChI is InChI=1S/C24H29N3O4/c1-4-14-29-20-11-10-19(16-21(20)30-15-5-2)25-22(28)12-13-23-26-27-24(31-23)18-8-6-17(3)7-9-18/h6-11,16H,4-5,12-15H2,1-3H3,(H,25,28). The molecule has 1 aromatic heterocycles. The molecular weight excluding hydrogens is 394 g/mol. The van der Waals surface area contributed by atoms with E-state index in [0.717, 1.165) is 24.0 Å². The summed E-state index contributed by atoms with van der Waals surface area (Å²) < 4.78 is 17.2. The first-order chi connectivity index (χ1) is 15.1. The zero-order chi connectivity index (χ0) is 22.1. The Bertz CT molecular complexity index is 983. The van der Waals surface area contributed by atoms with Crippen LogP contribution in [-0.2, 0) is 11.2 Å². The number of hydrogen-bond donors (Lipinski definition) is 1. The first-order valence-corrected chi connectivity index (χ1v) is 10.7. The number of nitrogens with zero attached hydrogens (tertiary/aromatic N) is 2. The molecular formula is C24H29N3O4. The van der Waals surface area contributed by atoms with Gasteiger partial charge >= 0.3 is 0 Å². The lowest BCUT2D eigenvalue weighted by Crippen LogP contribution is -2.12. The molecule has 164 valence electrons. The molecule has 0 aliphatic carbocycles. The number of aromatic nitrogens is 2. The Balaban J connectivity index is 1.57. The molecule has 0 atom stereocenters. The van der Waals surface area contributed by atoms with E-state index in [2.05, 4.69) is 15.5 Å². The largest absolute Gasteiger partial charge is 0.490 e. The molecule has 7 nitrogen and oxygen atoms in total. The van der Waals surface area contributed by atoms with Crippen LogP contribution >= 0.6 is 0 Å². The van der Waals surface area contributed by atoms with E-state index in [9.17, 15) is 4.79 Å². The van der Waals surface area contributed by atoms with Crippen LogP contribution in [-0.4, -0.2) is 29.3 Å². The molecule has 7 heteroatoms. The van der Waals surface area contributed by atoms with Gasteiger partial charge in [0.15, 0.2) is 11.5 Å². The topological polar surface area (TPSA) is 86.5 Å². The number of aryl methyl sites for hydroxylation is 2. The van der Waals surface area contributed by atoms with Crippen LogP contribution in [0.15, 0.2) is 46.9 Å². The normalized spacial score (nSPS) is 10.7. The molecule has 31 heavy (non-hydrogen) atoms. The van der Waals surface area contributed by atoms with Crippen LogP contribution in [0.2, 0.25) is 0 Å². The number of ether oxygens (including phenoxy) is 2. The van der Waals surface area contributed by atoms with Gasteiger partial charge in [-0.1, -0.05) is 31.5 Å². The van der Waals surface area contributed by atoms with Crippen LogP contribution in [0, 0.1) is 6.92 Å². The summed E-state index contributed by atoms with van der Waals surface area (Å²) in [4.78, 5) is 12.4. The number of rotatable bonds is 11. The second-order valence-corrected chi connectivity index (χ2v) is 7.27. The number of carbonyl (C=O) groups is 1. The first kappa shape index (κ1) is 22.3. The van der Waals surface area contributed by atoms with Crippen molar-refractivity contribution >= 4 is 11.6 Å². The molecule has 0 saturated heterocycles. The summed E-state index contributed by atoms with van der Waals surface area (Å²) in [5.74, 6) is 2.06. The summed E-state index contributed by atoms with van der Waals surface area (Å²) >= 11 is 0. The second kappa shape index (κ2) is 11.2. The van der Waals surface area contributed by atoms with E-state index in [1.807, 2.05) is 57.2 Å². The van der Waals surface area contributed by atoms with E-state index in [1.54, 1.807) is 6.07 Å². The van der Waals surface area contributed by atoms with Crippen molar-refractivity contribution < 1.29 is 18.7 Å². The highest BCUT2D eigenvalue weighted by Crippen LogP contribution is 2.31. The van der Waals surface area contributed by atoms with Gasteiger partial charge in [-0.2, -0.15) is 0 Å². The molecule has 0 spiro atoms. The summed E-state index contributed by atoms with van der Waals surface area (Å²) in [7, 11) is 0. The number of anilines is 1. The van der Waals surface area contributed by atoms with Gasteiger partial charge in [-0.05, 0) is 44.0 Å². The van der Waals surface area contributed by atoms with E-state index in [-0.39, 0.29) is 12.3 Å². The van der Waals surface area contributed by atoms with Crippen molar-refractivity contribution in [2.45, 2.75) is 46.5 Å². The molecule has 0 aliphatic heterocycles. The summed E-state index contributed by atoms with van der Waals surface area (Å²) in [6.45, 7) is 7.31. The van der Waals surface area contributed by atoms with Crippen molar-refractivity contribution in [2.24, 2.45) is 0 Å². The first-order valence-electron chi connectivity index (χ1n) is 10.7. The van der Waals surface area contributed by atoms with Gasteiger partial charge in [0.2, 0.25) is 17.7 Å². The molecule has 0 saturated carbocycles. The summed E-state index contributed by atoms with van der Waals surface area (Å²) in [5, 5.41) is 11.0. The van der Waals surface area contributed by atoms with Gasteiger partial charge in [0, 0.05) is 30.2 Å². The van der Waals surface area contributed by atoms with Crippen LogP contribution in [0.4, 0.5) is 5.69 Å². The lowest BCUT2D eigenvalue weighted by molar-refractivity contribution is -0.116. The molecule has 2 aromatic carbocycles. The fourth-order valence-corrected chi connectivity index (χ4v) is 2.85. The van der Waals surface area contributed by atoms with Gasteiger partial charge in [-0.15, -0.1) is 10.2 Å². The lowest BCUT2D eigenvalue weighted by Gasteiger charge is -2.14. The lowest BCUT2D eigenvalue weighted by atomic mass is 10.1. The molecule has 0 radical (unpaired) electrons. The Morgan fingerprint density at radius 3 is 2.39 bits per heavy atom. The van der Waals surface area contributed by atoms with E-state index in [4.69, 9.17) is 13.9 Å². The zero-order valence-corrected chi connectivity index (χ0v) is 18.3. The molecule has 3 rings (SSSR count). The second-order valence-electron chi connectivity index (χ2n) is 7.27. The monoisotopic (exact) mass is 423 g/mol. The van der Waals surface area contributed by atoms with Crippen molar-refractivity contribution in [1.82, 2.24) is 10.2 Å². The van der Waals surface area contributed by atoms with E-state index in [0.29, 0.717) is 48.6 Å². The summed E-state index contributed by atoms with van der Waals surface area (Å²) in [5.41, 5.74) is 2.68. The maximum Gasteiger partial charge on any atom is 0.247 e. The Labute approximate surface area is 182 Å². The number of hydrogen-bond acceptors (Lipinski definition) is 6. The quantitative estimate of drug-likeness (QED) is 0.456. The molecule has 0 aliphatic rings. The molecule has 3 aromatic rings. The minimum atomic E-state index is -0.140. The van der Waals surface area contributed by atoms with Gasteiger partial charge in [0.1, 0.15) is 0 Å². The van der Waals surface area contributed by atoms with Crippen LogP contribution in [0.5, 0.6) is 11.5 Å². The predicted octanol–water partition coefficient (Wildman–Crippen LogP) is 5.19. The van der Waals surface area contributed by atoms with Crippen molar-refractivity contribution in [3.63, 3.8) is 0 Å². The van der Waals surface area contributed by atoms with E-state index < -0.39 is 0 Å². The van der Waals surface area contributed by atoms with Gasteiger partial charge in [-0.3, -0.25) is 4.79 Å². The van der Waals surface area contributed by atoms with Gasteiger partial charge < -0.3 is 19.2 Å². The number of nitrogens with one attached hydrogen (secondary N) is 1. The molecule has 1 N–H and O–H groups in total. The zero-order valence-electron chi connectivity index (χ0n) is 18.3. The average molecular weight is 424 g/mol. The Morgan fingerprint density at radius 2 is 1.68 bits per heavy atom. The maximum atomic E-state index is 12.4. The van der Waals surface area contributed by atoms with Gasteiger partial charge in [-0.25, -0.2) is 0 Å². The van der Waals surface area contributed by atoms with Gasteiger partial charge in [0.25, 0.3) is 0 Å². The molecule has 1 amide bonds. The number of benzene rings is 2. The summed E-state index contributed by atoms with van der Waals surface area (Å²) in [6.07, 6.45) is 2.39. The highest BCUT2D eigenvalue weighted by atomic mass is 16.5. The van der Waals surface area contributed by atoms with Crippen molar-refractivity contribution in [2.75, 3.05) is 18.5 Å². The fourth-order valence-electron chi connectivity index (χ4n) is 2.85. The Kier molecular flexibility index (Phi) is 8.04. The Hall–Kier alpha value is -3.35. The molecule has 0 fully saturated rings. The average Bonchev–Trinajstić information content (AvgIpc) is 3.25. The van der Waals surface area contributed by atoms with Crippen LogP contribution in [0.25, 0.3) is 11.5 Å². The highest BCUT2D eigenvalue weighted by Gasteiger charge is 2.12. The number of carbonyl (C=O) groups excluding carboxylic acids is 1. The third-order valence-electron chi connectivity index (χ3n) is 4.48. The third-order valence-corrected chi connectivity index (χ3v) is 4.48. The minimum absolute atomic E-state index is 0.140. The van der Waals surface area contributed by atoms with Crippen molar-refractivity contribution in [3.8, 4) is 23.0 Å². The van der Waals surface area contributed by atoms with Crippen molar-refractivity contribution in [1.29, 1.82) is 0 Å². The Morgan fingerprint density at radius 1 is 0.968 bits per heavy atom. The molecule has 1 heterocycles. The number of amides is 1. The van der Waals surface area contributed by atoms with Crippen LogP contribution < -0.4 is 14.8 Å². The minimum Gasteiger partial charge on any atom is -0.490 e. The van der Waals surface area contributed by atoms with Crippen LogP contribution in [0.1, 0.15) is 44.6 Å². The van der Waals surface area contributed by atoms with Crippen LogP contribution in [0.3, 0.4) is 0 Å². The smallest absolute Gasteiger partial charge is 0.247 e. The van der Waals surface area contributed by atoms with E-state index in [1.165, 1.54) is 0 Å². The summed E-state index contributed by atoms with van der Waals surface area (Å²) in [6, 6.07) is 13.3. The predicted molar refractivity (Wildman–Crippen MR) is 119 cm³/mol. The highest BCUT2D eigenvalue weighted by molar-refractivity contribution is 5.91. The molecule has 0 bridgehead atoms. The van der Waals surface area contributed by atoms with E-state index >= 15 is 0 Å².